The number of rotatable bonds is 20. The molecule has 194 valence electrons. The second-order valence-electron chi connectivity index (χ2n) is 9.76. The van der Waals surface area contributed by atoms with Crippen molar-refractivity contribution in [3.63, 3.8) is 0 Å². The van der Waals surface area contributed by atoms with Crippen LogP contribution in [0.15, 0.2) is 30.3 Å². The first-order chi connectivity index (χ1) is 16.7. The van der Waals surface area contributed by atoms with Crippen molar-refractivity contribution >= 4 is 12.0 Å². The molecule has 1 N–H and O–H groups in total. The Kier molecular flexibility index (Phi) is 20.5. The smallest absolute Gasteiger partial charge is 0.303 e. The molecule has 0 radical (unpaired) electrons. The molecule has 0 saturated carbocycles. The van der Waals surface area contributed by atoms with Crippen molar-refractivity contribution in [1.82, 2.24) is 0 Å². The van der Waals surface area contributed by atoms with Crippen molar-refractivity contribution in [2.45, 2.75) is 135 Å². The van der Waals surface area contributed by atoms with Gasteiger partial charge in [0.2, 0.25) is 0 Å². The monoisotopic (exact) mass is 472 g/mol. The normalized spacial score (nSPS) is 11.9. The highest BCUT2D eigenvalue weighted by atomic mass is 16.5. The quantitative estimate of drug-likeness (QED) is 0.192. The second kappa shape index (κ2) is 23.0. The van der Waals surface area contributed by atoms with Gasteiger partial charge in [0.15, 0.2) is 0 Å². The van der Waals surface area contributed by atoms with Gasteiger partial charge in [0, 0.05) is 12.0 Å². The lowest BCUT2D eigenvalue weighted by Gasteiger charge is -2.10. The summed E-state index contributed by atoms with van der Waals surface area (Å²) in [6, 6.07) is 8.03. The van der Waals surface area contributed by atoms with Gasteiger partial charge in [-0.1, -0.05) is 147 Å². The molecule has 34 heavy (non-hydrogen) atoms. The zero-order valence-electron chi connectivity index (χ0n) is 22.1. The number of para-hydroxylation sites is 1. The number of benzene rings is 1. The predicted octanol–water partition coefficient (Wildman–Crippen LogP) is 9.99. The van der Waals surface area contributed by atoms with Gasteiger partial charge in [-0.2, -0.15) is 0 Å². The molecule has 1 aliphatic heterocycles. The van der Waals surface area contributed by atoms with Crippen LogP contribution >= 0.6 is 0 Å². The van der Waals surface area contributed by atoms with Gasteiger partial charge in [-0.3, -0.25) is 4.79 Å². The fourth-order valence-corrected chi connectivity index (χ4v) is 4.42. The third-order valence-corrected chi connectivity index (χ3v) is 6.55. The second-order valence-corrected chi connectivity index (χ2v) is 9.76. The molecule has 2 rings (SSSR count). The van der Waals surface area contributed by atoms with Crippen molar-refractivity contribution in [2.24, 2.45) is 0 Å². The molecule has 0 spiro atoms. The minimum atomic E-state index is -0.651. The molecular weight excluding hydrogens is 420 g/mol. The van der Waals surface area contributed by atoms with Gasteiger partial charge in [-0.15, -0.1) is 0 Å². The van der Waals surface area contributed by atoms with Crippen LogP contribution < -0.4 is 4.74 Å². The Labute approximate surface area is 210 Å². The van der Waals surface area contributed by atoms with Crippen LogP contribution in [0.5, 0.6) is 5.75 Å². The van der Waals surface area contributed by atoms with Crippen LogP contribution in [0.3, 0.4) is 0 Å². The average Bonchev–Trinajstić information content (AvgIpc) is 2.86. The molecule has 0 aromatic heterocycles. The first-order valence-corrected chi connectivity index (χ1v) is 14.3. The summed E-state index contributed by atoms with van der Waals surface area (Å²) in [6.07, 6.45) is 30.2. The number of carboxylic acid groups (broad SMARTS) is 1. The number of hydrogen-bond donors (Lipinski definition) is 1. The van der Waals surface area contributed by atoms with Gasteiger partial charge >= 0.3 is 5.97 Å². The third kappa shape index (κ3) is 18.6. The van der Waals surface area contributed by atoms with Crippen LogP contribution in [0.2, 0.25) is 0 Å². The topological polar surface area (TPSA) is 46.5 Å². The molecule has 1 aliphatic rings. The lowest BCUT2D eigenvalue weighted by atomic mass is 10.0. The maximum Gasteiger partial charge on any atom is 0.303 e. The Bertz CT molecular complexity index is 623. The highest BCUT2D eigenvalue weighted by molar-refractivity contribution is 5.66. The molecule has 0 amide bonds. The molecular formula is C31H52O3. The summed E-state index contributed by atoms with van der Waals surface area (Å²) in [5, 5.41) is 8.56. The van der Waals surface area contributed by atoms with Crippen molar-refractivity contribution in [2.75, 3.05) is 6.61 Å². The Morgan fingerprint density at radius 3 is 1.59 bits per heavy atom. The van der Waals surface area contributed by atoms with Crippen LogP contribution in [0.25, 0.3) is 6.08 Å². The standard InChI is InChI=1S/C22H44O2.C9H8O/c1-2-3-4-5-6-7-8-9-10-11-12-13-14-15-16-17-18-19-20-21-22(23)24;1-2-6-9-8(4-1)5-3-7-10-9/h2-21H2,1H3,(H,23,24);1-6H,7H2. The minimum absolute atomic E-state index is 0.346. The number of unbranched alkanes of at least 4 members (excludes halogenated alkanes) is 18. The van der Waals surface area contributed by atoms with E-state index in [9.17, 15) is 4.79 Å². The highest BCUT2D eigenvalue weighted by Crippen LogP contribution is 2.22. The predicted molar refractivity (Wildman–Crippen MR) is 147 cm³/mol. The molecule has 1 heterocycles. The Hall–Kier alpha value is -1.77. The Morgan fingerprint density at radius 1 is 0.706 bits per heavy atom. The maximum absolute atomic E-state index is 10.4. The summed E-state index contributed by atoms with van der Waals surface area (Å²) in [4.78, 5) is 10.4. The number of carboxylic acids is 1. The summed E-state index contributed by atoms with van der Waals surface area (Å²) in [6.45, 7) is 2.99. The summed E-state index contributed by atoms with van der Waals surface area (Å²) in [5.41, 5.74) is 1.17. The zero-order valence-corrected chi connectivity index (χ0v) is 22.1. The van der Waals surface area contributed by atoms with Gasteiger partial charge < -0.3 is 9.84 Å². The van der Waals surface area contributed by atoms with E-state index in [0.29, 0.717) is 13.0 Å². The molecule has 1 aromatic rings. The van der Waals surface area contributed by atoms with Gasteiger partial charge in [0.05, 0.1) is 0 Å². The Balaban J connectivity index is 0.000000469. The summed E-state index contributed by atoms with van der Waals surface area (Å²) < 4.78 is 5.34. The van der Waals surface area contributed by atoms with Gasteiger partial charge in [0.1, 0.15) is 12.4 Å². The molecule has 0 bridgehead atoms. The largest absolute Gasteiger partial charge is 0.489 e. The van der Waals surface area contributed by atoms with E-state index in [0.717, 1.165) is 18.6 Å². The van der Waals surface area contributed by atoms with E-state index in [1.807, 2.05) is 30.3 Å². The lowest BCUT2D eigenvalue weighted by Crippen LogP contribution is -1.98. The molecule has 0 fully saturated rings. The van der Waals surface area contributed by atoms with Crippen LogP contribution in [0.1, 0.15) is 141 Å². The van der Waals surface area contributed by atoms with E-state index < -0.39 is 5.97 Å². The SMILES string of the molecule is C1=Cc2ccccc2OC1.CCCCCCCCCCCCCCCCCCCCCC(=O)O. The van der Waals surface area contributed by atoms with Crippen LogP contribution in [-0.2, 0) is 4.79 Å². The number of ether oxygens (including phenoxy) is 1. The third-order valence-electron chi connectivity index (χ3n) is 6.55. The van der Waals surface area contributed by atoms with Gasteiger partial charge in [0.25, 0.3) is 0 Å². The summed E-state index contributed by atoms with van der Waals surface area (Å²) in [7, 11) is 0. The number of fused-ring (bicyclic) bond motifs is 1. The summed E-state index contributed by atoms with van der Waals surface area (Å²) in [5.74, 6) is 0.340. The van der Waals surface area contributed by atoms with Gasteiger partial charge in [-0.05, 0) is 18.6 Å². The van der Waals surface area contributed by atoms with Crippen LogP contribution in [0, 0.1) is 0 Å². The number of carbonyl (C=O) groups is 1. The highest BCUT2D eigenvalue weighted by Gasteiger charge is 2.01. The molecule has 0 atom stereocenters. The molecule has 0 aliphatic carbocycles. The van der Waals surface area contributed by atoms with Crippen molar-refractivity contribution < 1.29 is 14.6 Å². The van der Waals surface area contributed by atoms with E-state index in [4.69, 9.17) is 9.84 Å². The summed E-state index contributed by atoms with van der Waals surface area (Å²) >= 11 is 0. The van der Waals surface area contributed by atoms with E-state index in [1.54, 1.807) is 0 Å². The molecule has 0 unspecified atom stereocenters. The van der Waals surface area contributed by atoms with E-state index in [-0.39, 0.29) is 0 Å². The fraction of sp³-hybridized carbons (Fsp3) is 0.710. The molecule has 1 aromatic carbocycles. The van der Waals surface area contributed by atoms with Crippen LogP contribution in [-0.4, -0.2) is 17.7 Å². The zero-order chi connectivity index (χ0) is 24.5. The lowest BCUT2D eigenvalue weighted by molar-refractivity contribution is -0.137. The van der Waals surface area contributed by atoms with E-state index >= 15 is 0 Å². The minimum Gasteiger partial charge on any atom is -0.489 e. The Morgan fingerprint density at radius 2 is 1.15 bits per heavy atom. The van der Waals surface area contributed by atoms with E-state index in [2.05, 4.69) is 13.0 Å². The molecule has 3 nitrogen and oxygen atoms in total. The van der Waals surface area contributed by atoms with Crippen molar-refractivity contribution in [1.29, 1.82) is 0 Å². The first-order valence-electron chi connectivity index (χ1n) is 14.3. The average molecular weight is 473 g/mol. The maximum atomic E-state index is 10.4. The van der Waals surface area contributed by atoms with Gasteiger partial charge in [-0.25, -0.2) is 0 Å². The molecule has 0 saturated heterocycles. The first kappa shape index (κ1) is 30.3. The van der Waals surface area contributed by atoms with Crippen molar-refractivity contribution in [3.05, 3.63) is 35.9 Å². The molecule has 3 heteroatoms. The van der Waals surface area contributed by atoms with E-state index in [1.165, 1.54) is 115 Å². The van der Waals surface area contributed by atoms with Crippen molar-refractivity contribution in [3.8, 4) is 5.75 Å². The van der Waals surface area contributed by atoms with Crippen LogP contribution in [0.4, 0.5) is 0 Å². The fourth-order valence-electron chi connectivity index (χ4n) is 4.42. The number of hydrogen-bond acceptors (Lipinski definition) is 2. The number of aliphatic carboxylic acids is 1.